The molecule has 1 aromatic carbocycles. The summed E-state index contributed by atoms with van der Waals surface area (Å²) in [7, 11) is 0. The van der Waals surface area contributed by atoms with Crippen molar-refractivity contribution in [2.75, 3.05) is 19.8 Å². The van der Waals surface area contributed by atoms with Crippen molar-refractivity contribution in [3.8, 4) is 0 Å². The topological polar surface area (TPSA) is 38.3 Å². The quantitative estimate of drug-likeness (QED) is 0.440. The minimum Gasteiger partial charge on any atom is -0.380 e. The second kappa shape index (κ2) is 12.0. The number of nitrogens with one attached hydrogen (secondary N) is 1. The summed E-state index contributed by atoms with van der Waals surface area (Å²) in [4.78, 5) is 11.8. The standard InChI is InChI=1S/C17H26INO2/c1-2-3-4-5-6-7-13-21-14-12-19-17(20)15-8-10-16(18)11-9-15/h8-11H,2-7,12-14H2,1H3,(H,19,20). The first-order valence-corrected chi connectivity index (χ1v) is 8.93. The Morgan fingerprint density at radius 1 is 1.05 bits per heavy atom. The lowest BCUT2D eigenvalue weighted by Crippen LogP contribution is -2.27. The molecule has 1 rings (SSSR count). The largest absolute Gasteiger partial charge is 0.380 e. The highest BCUT2D eigenvalue weighted by molar-refractivity contribution is 14.1. The number of ether oxygens (including phenoxy) is 1. The van der Waals surface area contributed by atoms with Gasteiger partial charge in [-0.2, -0.15) is 0 Å². The number of carbonyl (C=O) groups excluding carboxylic acids is 1. The lowest BCUT2D eigenvalue weighted by Gasteiger charge is -2.07. The van der Waals surface area contributed by atoms with Gasteiger partial charge in [-0.1, -0.05) is 39.0 Å². The van der Waals surface area contributed by atoms with E-state index in [1.165, 1.54) is 32.1 Å². The fraction of sp³-hybridized carbons (Fsp3) is 0.588. The van der Waals surface area contributed by atoms with Crippen LogP contribution in [0.5, 0.6) is 0 Å². The summed E-state index contributed by atoms with van der Waals surface area (Å²) in [6.07, 6.45) is 7.63. The molecule has 0 aromatic heterocycles. The molecule has 0 aliphatic carbocycles. The van der Waals surface area contributed by atoms with E-state index in [4.69, 9.17) is 4.74 Å². The van der Waals surface area contributed by atoms with Crippen molar-refractivity contribution in [2.45, 2.75) is 45.4 Å². The predicted octanol–water partition coefficient (Wildman–Crippen LogP) is 4.40. The van der Waals surface area contributed by atoms with E-state index in [0.717, 1.165) is 16.6 Å². The van der Waals surface area contributed by atoms with Gasteiger partial charge in [0.1, 0.15) is 0 Å². The van der Waals surface area contributed by atoms with E-state index >= 15 is 0 Å². The summed E-state index contributed by atoms with van der Waals surface area (Å²) in [5.74, 6) is -0.0328. The van der Waals surface area contributed by atoms with E-state index in [-0.39, 0.29) is 5.91 Å². The first kappa shape index (κ1) is 18.4. The van der Waals surface area contributed by atoms with Crippen molar-refractivity contribution >= 4 is 28.5 Å². The first-order valence-electron chi connectivity index (χ1n) is 7.85. The van der Waals surface area contributed by atoms with Gasteiger partial charge >= 0.3 is 0 Å². The van der Waals surface area contributed by atoms with Gasteiger partial charge in [-0.3, -0.25) is 4.79 Å². The van der Waals surface area contributed by atoms with Crippen LogP contribution in [0.1, 0.15) is 55.8 Å². The molecular formula is C17H26INO2. The molecular weight excluding hydrogens is 377 g/mol. The zero-order valence-corrected chi connectivity index (χ0v) is 15.0. The van der Waals surface area contributed by atoms with Gasteiger partial charge in [0.15, 0.2) is 0 Å². The fourth-order valence-corrected chi connectivity index (χ4v) is 2.39. The summed E-state index contributed by atoms with van der Waals surface area (Å²) in [6, 6.07) is 7.55. The van der Waals surface area contributed by atoms with E-state index in [2.05, 4.69) is 34.8 Å². The van der Waals surface area contributed by atoms with Crippen molar-refractivity contribution in [2.24, 2.45) is 0 Å². The van der Waals surface area contributed by atoms with Crippen molar-refractivity contribution in [1.29, 1.82) is 0 Å². The average Bonchev–Trinajstić information content (AvgIpc) is 2.49. The maximum absolute atomic E-state index is 11.8. The maximum atomic E-state index is 11.8. The van der Waals surface area contributed by atoms with Crippen LogP contribution in [0.4, 0.5) is 0 Å². The highest BCUT2D eigenvalue weighted by atomic mass is 127. The first-order chi connectivity index (χ1) is 10.2. The summed E-state index contributed by atoms with van der Waals surface area (Å²) < 4.78 is 6.66. The maximum Gasteiger partial charge on any atom is 0.251 e. The van der Waals surface area contributed by atoms with Crippen LogP contribution in [0.3, 0.4) is 0 Å². The molecule has 0 bridgehead atoms. The zero-order chi connectivity index (χ0) is 15.3. The van der Waals surface area contributed by atoms with Gasteiger partial charge in [-0.05, 0) is 53.3 Å². The minimum absolute atomic E-state index is 0.0328. The molecule has 1 amide bonds. The number of benzene rings is 1. The molecule has 1 aromatic rings. The number of carbonyl (C=O) groups is 1. The molecule has 21 heavy (non-hydrogen) atoms. The highest BCUT2D eigenvalue weighted by Crippen LogP contribution is 2.06. The van der Waals surface area contributed by atoms with Crippen LogP contribution in [0.2, 0.25) is 0 Å². The highest BCUT2D eigenvalue weighted by Gasteiger charge is 2.03. The summed E-state index contributed by atoms with van der Waals surface area (Å²) in [6.45, 7) is 4.19. The number of hydrogen-bond acceptors (Lipinski definition) is 2. The molecule has 0 heterocycles. The van der Waals surface area contributed by atoms with Crippen molar-refractivity contribution in [3.05, 3.63) is 33.4 Å². The Bertz CT molecular complexity index is 392. The van der Waals surface area contributed by atoms with Crippen molar-refractivity contribution < 1.29 is 9.53 Å². The van der Waals surface area contributed by atoms with E-state index in [1.807, 2.05) is 24.3 Å². The molecule has 3 nitrogen and oxygen atoms in total. The average molecular weight is 403 g/mol. The van der Waals surface area contributed by atoms with Crippen LogP contribution in [0, 0.1) is 3.57 Å². The van der Waals surface area contributed by atoms with E-state index in [0.29, 0.717) is 18.7 Å². The van der Waals surface area contributed by atoms with E-state index < -0.39 is 0 Å². The number of amides is 1. The molecule has 4 heteroatoms. The molecule has 0 spiro atoms. The third-order valence-electron chi connectivity index (χ3n) is 3.28. The van der Waals surface area contributed by atoms with Gasteiger partial charge in [0.25, 0.3) is 5.91 Å². The number of halogens is 1. The third kappa shape index (κ3) is 9.09. The van der Waals surface area contributed by atoms with Gasteiger partial charge in [-0.15, -0.1) is 0 Å². The molecule has 0 aliphatic heterocycles. The lowest BCUT2D eigenvalue weighted by molar-refractivity contribution is 0.0911. The van der Waals surface area contributed by atoms with Gasteiger partial charge in [0.05, 0.1) is 6.61 Å². The Kier molecular flexibility index (Phi) is 10.5. The van der Waals surface area contributed by atoms with Crippen molar-refractivity contribution in [3.63, 3.8) is 0 Å². The van der Waals surface area contributed by atoms with Gasteiger partial charge in [0.2, 0.25) is 0 Å². The Balaban J connectivity index is 1.96. The number of hydrogen-bond donors (Lipinski definition) is 1. The smallest absolute Gasteiger partial charge is 0.251 e. The molecule has 0 unspecified atom stereocenters. The normalized spacial score (nSPS) is 10.6. The second-order valence-corrected chi connectivity index (χ2v) is 6.39. The monoisotopic (exact) mass is 403 g/mol. The predicted molar refractivity (Wildman–Crippen MR) is 95.7 cm³/mol. The zero-order valence-electron chi connectivity index (χ0n) is 12.9. The lowest BCUT2D eigenvalue weighted by atomic mass is 10.1. The molecule has 0 fully saturated rings. The van der Waals surface area contributed by atoms with Crippen LogP contribution in [0.25, 0.3) is 0 Å². The molecule has 0 saturated carbocycles. The molecule has 0 saturated heterocycles. The van der Waals surface area contributed by atoms with E-state index in [9.17, 15) is 4.79 Å². The van der Waals surface area contributed by atoms with Gasteiger partial charge < -0.3 is 10.1 Å². The van der Waals surface area contributed by atoms with Crippen LogP contribution < -0.4 is 5.32 Å². The summed E-state index contributed by atoms with van der Waals surface area (Å²) in [5.41, 5.74) is 0.700. The van der Waals surface area contributed by atoms with Crippen LogP contribution in [-0.4, -0.2) is 25.7 Å². The number of rotatable bonds is 11. The van der Waals surface area contributed by atoms with Crippen LogP contribution in [0.15, 0.2) is 24.3 Å². The second-order valence-electron chi connectivity index (χ2n) is 5.14. The van der Waals surface area contributed by atoms with E-state index in [1.54, 1.807) is 0 Å². The molecule has 0 aliphatic rings. The third-order valence-corrected chi connectivity index (χ3v) is 4.00. The van der Waals surface area contributed by atoms with Gasteiger partial charge in [-0.25, -0.2) is 0 Å². The summed E-state index contributed by atoms with van der Waals surface area (Å²) >= 11 is 2.23. The van der Waals surface area contributed by atoms with Crippen LogP contribution in [-0.2, 0) is 4.74 Å². The number of unbranched alkanes of at least 4 members (excludes halogenated alkanes) is 5. The fourth-order valence-electron chi connectivity index (χ4n) is 2.03. The van der Waals surface area contributed by atoms with Gasteiger partial charge in [0, 0.05) is 22.3 Å². The minimum atomic E-state index is -0.0328. The Hall–Kier alpha value is -0.620. The molecule has 0 atom stereocenters. The molecule has 118 valence electrons. The Labute approximate surface area is 142 Å². The Morgan fingerprint density at radius 2 is 1.71 bits per heavy atom. The molecule has 1 N–H and O–H groups in total. The summed E-state index contributed by atoms with van der Waals surface area (Å²) in [5, 5.41) is 2.87. The Morgan fingerprint density at radius 3 is 2.43 bits per heavy atom. The van der Waals surface area contributed by atoms with Crippen LogP contribution >= 0.6 is 22.6 Å². The molecule has 0 radical (unpaired) electrons. The van der Waals surface area contributed by atoms with Crippen molar-refractivity contribution in [1.82, 2.24) is 5.32 Å². The SMILES string of the molecule is CCCCCCCCOCCNC(=O)c1ccc(I)cc1.